The summed E-state index contributed by atoms with van der Waals surface area (Å²) in [5.41, 5.74) is 1.14. The third-order valence-corrected chi connectivity index (χ3v) is 6.25. The minimum absolute atomic E-state index is 0.00577. The number of hydrogen-bond acceptors (Lipinski definition) is 8. The van der Waals surface area contributed by atoms with Gasteiger partial charge in [-0.15, -0.1) is 10.2 Å². The average molecular weight is 591 g/mol. The average Bonchev–Trinajstić information content (AvgIpc) is 3.73. The Labute approximate surface area is 232 Å². The van der Waals surface area contributed by atoms with Gasteiger partial charge in [0.2, 0.25) is 0 Å². The Balaban J connectivity index is 1.51. The zero-order chi connectivity index (χ0) is 29.1. The van der Waals surface area contributed by atoms with E-state index >= 15 is 4.39 Å². The van der Waals surface area contributed by atoms with E-state index in [0.717, 1.165) is 6.20 Å². The van der Waals surface area contributed by atoms with E-state index in [1.807, 2.05) is 6.07 Å². The van der Waals surface area contributed by atoms with Crippen molar-refractivity contribution in [2.45, 2.75) is 25.6 Å². The van der Waals surface area contributed by atoms with Crippen molar-refractivity contribution in [3.05, 3.63) is 77.5 Å². The first-order valence-corrected chi connectivity index (χ1v) is 12.0. The number of pyridine rings is 1. The van der Waals surface area contributed by atoms with E-state index in [0.29, 0.717) is 10.4 Å². The molecule has 4 heterocycles. The van der Waals surface area contributed by atoms with Crippen molar-refractivity contribution in [3.8, 4) is 34.1 Å². The summed E-state index contributed by atoms with van der Waals surface area (Å²) in [4.78, 5) is 4.41. The molecular formula is C24H16ClF5N10O. The molecule has 0 saturated carbocycles. The molecule has 0 radical (unpaired) electrons. The van der Waals surface area contributed by atoms with Gasteiger partial charge in [0.25, 0.3) is 0 Å². The second kappa shape index (κ2) is 11.8. The van der Waals surface area contributed by atoms with Crippen LogP contribution in [0.4, 0.5) is 22.0 Å². The molecule has 5 rings (SSSR count). The second-order valence-electron chi connectivity index (χ2n) is 8.37. The standard InChI is InChI=1S/C24H16ClF5N10O/c25-16-2-4-19(39-12-15(7-31)35-37-39)21(22(16)26)13-1-3-17(32-8-13)18(5-6-41-24(29)30)38-11-14(9-34-38)20-10-33-36-40(20)23(27)28/h1-4,8-12,18,23-24H,5-6H2. The summed E-state index contributed by atoms with van der Waals surface area (Å²) in [6.45, 7) is -6.33. The first-order chi connectivity index (χ1) is 19.8. The molecule has 1 atom stereocenters. The monoisotopic (exact) mass is 590 g/mol. The van der Waals surface area contributed by atoms with Crippen molar-refractivity contribution in [3.63, 3.8) is 0 Å². The molecule has 17 heteroatoms. The zero-order valence-corrected chi connectivity index (χ0v) is 21.2. The van der Waals surface area contributed by atoms with Crippen LogP contribution in [0.2, 0.25) is 5.02 Å². The molecule has 210 valence electrons. The van der Waals surface area contributed by atoms with E-state index in [4.69, 9.17) is 16.9 Å². The SMILES string of the molecule is N#Cc1cn(-c2ccc(Cl)c(F)c2-c2ccc(C(CCOC(F)F)n3cc(-c4cnnn4C(F)F)cn3)nc2)nn1. The van der Waals surface area contributed by atoms with E-state index in [-0.39, 0.29) is 51.8 Å². The maximum atomic E-state index is 15.3. The van der Waals surface area contributed by atoms with Crippen LogP contribution in [0.3, 0.4) is 0 Å². The van der Waals surface area contributed by atoms with Crippen molar-refractivity contribution >= 4 is 11.6 Å². The van der Waals surface area contributed by atoms with Gasteiger partial charge < -0.3 is 4.74 Å². The van der Waals surface area contributed by atoms with E-state index in [1.54, 1.807) is 0 Å². The highest BCUT2D eigenvalue weighted by molar-refractivity contribution is 6.31. The van der Waals surface area contributed by atoms with Gasteiger partial charge in [-0.05, 0) is 24.6 Å². The molecule has 0 spiro atoms. The minimum Gasteiger partial charge on any atom is -0.323 e. The number of aromatic nitrogens is 9. The summed E-state index contributed by atoms with van der Waals surface area (Å²) in [7, 11) is 0. The van der Waals surface area contributed by atoms with Crippen molar-refractivity contribution in [2.24, 2.45) is 0 Å². The summed E-state index contributed by atoms with van der Waals surface area (Å²) in [5, 5.41) is 27.5. The van der Waals surface area contributed by atoms with Crippen molar-refractivity contribution in [1.29, 1.82) is 5.26 Å². The van der Waals surface area contributed by atoms with Crippen LogP contribution in [0.1, 0.15) is 30.4 Å². The number of halogens is 6. The highest BCUT2D eigenvalue weighted by atomic mass is 35.5. The van der Waals surface area contributed by atoms with Gasteiger partial charge in [0.15, 0.2) is 11.5 Å². The Morgan fingerprint density at radius 1 is 1.00 bits per heavy atom. The molecule has 1 aromatic carbocycles. The summed E-state index contributed by atoms with van der Waals surface area (Å²) < 4.78 is 74.6. The van der Waals surface area contributed by atoms with Gasteiger partial charge in [-0.25, -0.2) is 9.07 Å². The first kappa shape index (κ1) is 27.8. The molecule has 0 amide bonds. The fourth-order valence-corrected chi connectivity index (χ4v) is 4.27. The van der Waals surface area contributed by atoms with Crippen LogP contribution in [0.25, 0.3) is 28.1 Å². The fourth-order valence-electron chi connectivity index (χ4n) is 4.11. The Kier molecular flexibility index (Phi) is 7.99. The minimum atomic E-state index is -3.01. The molecule has 0 saturated heterocycles. The largest absolute Gasteiger partial charge is 0.345 e. The van der Waals surface area contributed by atoms with Gasteiger partial charge in [-0.2, -0.15) is 32.6 Å². The molecular weight excluding hydrogens is 575 g/mol. The van der Waals surface area contributed by atoms with Crippen LogP contribution in [0.15, 0.2) is 55.2 Å². The van der Waals surface area contributed by atoms with E-state index < -0.39 is 25.0 Å². The molecule has 0 aliphatic carbocycles. The number of ether oxygens (including phenoxy) is 1. The molecule has 0 aliphatic rings. The summed E-state index contributed by atoms with van der Waals surface area (Å²) >= 11 is 6.04. The smallest absolute Gasteiger partial charge is 0.323 e. The Hall–Kier alpha value is -4.75. The predicted octanol–water partition coefficient (Wildman–Crippen LogP) is 5.06. The number of rotatable bonds is 10. The first-order valence-electron chi connectivity index (χ1n) is 11.7. The van der Waals surface area contributed by atoms with Crippen LogP contribution in [-0.2, 0) is 4.74 Å². The molecule has 41 heavy (non-hydrogen) atoms. The van der Waals surface area contributed by atoms with Gasteiger partial charge in [0, 0.05) is 29.1 Å². The molecule has 0 aliphatic heterocycles. The molecule has 4 aromatic heterocycles. The van der Waals surface area contributed by atoms with Gasteiger partial charge in [-0.1, -0.05) is 28.1 Å². The lowest BCUT2D eigenvalue weighted by atomic mass is 10.0. The van der Waals surface area contributed by atoms with Crippen molar-refractivity contribution < 1.29 is 26.7 Å². The maximum absolute atomic E-state index is 15.3. The highest BCUT2D eigenvalue weighted by Crippen LogP contribution is 2.34. The fraction of sp³-hybridized carbons (Fsp3) is 0.208. The Morgan fingerprint density at radius 2 is 1.83 bits per heavy atom. The lowest BCUT2D eigenvalue weighted by Crippen LogP contribution is -2.16. The Bertz CT molecular complexity index is 1700. The molecule has 1 unspecified atom stereocenters. The van der Waals surface area contributed by atoms with Crippen LogP contribution >= 0.6 is 11.6 Å². The number of nitriles is 1. The lowest BCUT2D eigenvalue weighted by molar-refractivity contribution is -0.130. The molecule has 5 aromatic rings. The number of hydrogen-bond donors (Lipinski definition) is 0. The number of nitrogens with zero attached hydrogens (tertiary/aromatic N) is 10. The van der Waals surface area contributed by atoms with Crippen LogP contribution in [0.5, 0.6) is 0 Å². The summed E-state index contributed by atoms with van der Waals surface area (Å²) in [6.07, 6.45) is 6.51. The van der Waals surface area contributed by atoms with Crippen LogP contribution in [-0.4, -0.2) is 58.0 Å². The number of benzene rings is 1. The lowest BCUT2D eigenvalue weighted by Gasteiger charge is -2.18. The molecule has 0 fully saturated rings. The summed E-state index contributed by atoms with van der Waals surface area (Å²) in [5.74, 6) is -0.768. The Morgan fingerprint density at radius 3 is 2.51 bits per heavy atom. The van der Waals surface area contributed by atoms with Gasteiger partial charge in [-0.3, -0.25) is 9.67 Å². The van der Waals surface area contributed by atoms with E-state index in [9.17, 15) is 17.6 Å². The van der Waals surface area contributed by atoms with Crippen molar-refractivity contribution in [1.82, 2.24) is 44.8 Å². The van der Waals surface area contributed by atoms with Crippen LogP contribution < -0.4 is 0 Å². The maximum Gasteiger partial charge on any atom is 0.345 e. The van der Waals surface area contributed by atoms with Gasteiger partial charge in [0.1, 0.15) is 6.07 Å². The molecule has 0 N–H and O–H groups in total. The van der Waals surface area contributed by atoms with Gasteiger partial charge >= 0.3 is 13.2 Å². The third kappa shape index (κ3) is 5.76. The predicted molar refractivity (Wildman–Crippen MR) is 131 cm³/mol. The second-order valence-corrected chi connectivity index (χ2v) is 8.78. The normalized spacial score (nSPS) is 12.3. The highest BCUT2D eigenvalue weighted by Gasteiger charge is 2.23. The van der Waals surface area contributed by atoms with Crippen LogP contribution in [0, 0.1) is 17.1 Å². The summed E-state index contributed by atoms with van der Waals surface area (Å²) in [6, 6.07) is 6.96. The quantitative estimate of drug-likeness (QED) is 0.207. The van der Waals surface area contributed by atoms with E-state index in [1.165, 1.54) is 58.4 Å². The topological polar surface area (TPSA) is 125 Å². The zero-order valence-electron chi connectivity index (χ0n) is 20.5. The molecule has 11 nitrogen and oxygen atoms in total. The molecule has 0 bridgehead atoms. The van der Waals surface area contributed by atoms with Crippen molar-refractivity contribution in [2.75, 3.05) is 6.61 Å². The van der Waals surface area contributed by atoms with E-state index in [2.05, 4.69) is 35.4 Å². The van der Waals surface area contributed by atoms with Gasteiger partial charge in [0.05, 0.1) is 53.3 Å². The third-order valence-electron chi connectivity index (χ3n) is 5.96. The number of alkyl halides is 4.